The summed E-state index contributed by atoms with van der Waals surface area (Å²) in [5.74, 6) is 1.91. The number of nitrogens with one attached hydrogen (secondary N) is 1. The van der Waals surface area contributed by atoms with Gasteiger partial charge in [0.1, 0.15) is 5.82 Å². The fraction of sp³-hybridized carbons (Fsp3) is 0.647. The largest absolute Gasteiger partial charge is 0.316 e. The molecule has 2 unspecified atom stereocenters. The Bertz CT molecular complexity index is 414. The van der Waals surface area contributed by atoms with Crippen LogP contribution in [0.2, 0.25) is 0 Å². The summed E-state index contributed by atoms with van der Waals surface area (Å²) in [5, 5.41) is 3.58. The average molecular weight is 263 g/mol. The molecule has 2 rings (SSSR count). The molecule has 0 saturated heterocycles. The molecule has 1 aliphatic rings. The average Bonchev–Trinajstić information content (AvgIpc) is 2.77. The topological polar surface area (TPSA) is 12.0 Å². The van der Waals surface area contributed by atoms with Crippen LogP contribution in [0.3, 0.4) is 0 Å². The lowest BCUT2D eigenvalue weighted by Crippen LogP contribution is -2.27. The summed E-state index contributed by atoms with van der Waals surface area (Å²) in [7, 11) is 0. The minimum absolute atomic E-state index is 0.117. The first-order valence-corrected chi connectivity index (χ1v) is 7.54. The molecule has 1 saturated carbocycles. The molecule has 1 aromatic carbocycles. The number of benzene rings is 1. The maximum Gasteiger partial charge on any atom is 0.123 e. The van der Waals surface area contributed by atoms with Gasteiger partial charge in [-0.15, -0.1) is 0 Å². The first kappa shape index (κ1) is 14.5. The third-order valence-electron chi connectivity index (χ3n) is 4.25. The second-order valence-electron chi connectivity index (χ2n) is 6.35. The summed E-state index contributed by atoms with van der Waals surface area (Å²) in [6, 6.07) is 5.28. The molecule has 1 aromatic rings. The summed E-state index contributed by atoms with van der Waals surface area (Å²) in [6.07, 6.45) is 3.85. The van der Waals surface area contributed by atoms with Crippen molar-refractivity contribution in [2.75, 3.05) is 13.1 Å². The Morgan fingerprint density at radius 1 is 1.32 bits per heavy atom. The number of hydrogen-bond donors (Lipinski definition) is 1. The van der Waals surface area contributed by atoms with Crippen LogP contribution in [0.5, 0.6) is 0 Å². The highest BCUT2D eigenvalue weighted by Gasteiger charge is 2.29. The first-order valence-electron chi connectivity index (χ1n) is 7.54. The number of hydrogen-bond acceptors (Lipinski definition) is 1. The van der Waals surface area contributed by atoms with Gasteiger partial charge in [-0.1, -0.05) is 26.3 Å². The number of rotatable bonds is 5. The van der Waals surface area contributed by atoms with Crippen molar-refractivity contribution < 1.29 is 4.39 Å². The predicted molar refractivity (Wildman–Crippen MR) is 78.9 cm³/mol. The van der Waals surface area contributed by atoms with E-state index in [0.717, 1.165) is 18.7 Å². The third-order valence-corrected chi connectivity index (χ3v) is 4.25. The van der Waals surface area contributed by atoms with Gasteiger partial charge >= 0.3 is 0 Å². The van der Waals surface area contributed by atoms with Gasteiger partial charge in [0.25, 0.3) is 0 Å². The van der Waals surface area contributed by atoms with E-state index in [2.05, 4.69) is 19.2 Å². The summed E-state index contributed by atoms with van der Waals surface area (Å²) >= 11 is 0. The first-order chi connectivity index (χ1) is 9.08. The van der Waals surface area contributed by atoms with Crippen molar-refractivity contribution in [1.29, 1.82) is 0 Å². The van der Waals surface area contributed by atoms with Crippen LogP contribution in [0.15, 0.2) is 18.2 Å². The van der Waals surface area contributed by atoms with Crippen molar-refractivity contribution in [3.8, 4) is 0 Å². The Morgan fingerprint density at radius 2 is 2.11 bits per heavy atom. The molecule has 1 fully saturated rings. The molecule has 0 aromatic heterocycles. The zero-order chi connectivity index (χ0) is 13.8. The van der Waals surface area contributed by atoms with Crippen LogP contribution >= 0.6 is 0 Å². The minimum atomic E-state index is -0.117. The lowest BCUT2D eigenvalue weighted by molar-refractivity contribution is 0.424. The second-order valence-corrected chi connectivity index (χ2v) is 6.35. The maximum atomic E-state index is 13.2. The van der Waals surface area contributed by atoms with Gasteiger partial charge in [-0.3, -0.25) is 0 Å². The number of halogens is 1. The van der Waals surface area contributed by atoms with Crippen molar-refractivity contribution in [3.05, 3.63) is 35.1 Å². The van der Waals surface area contributed by atoms with Gasteiger partial charge in [0.15, 0.2) is 0 Å². The SMILES string of the molecule is Cc1cc(F)ccc1C1CCCC1CNCC(C)C. The molecule has 0 heterocycles. The molecule has 2 atom stereocenters. The predicted octanol–water partition coefficient (Wildman–Crippen LogP) is 4.26. The van der Waals surface area contributed by atoms with E-state index >= 15 is 0 Å². The van der Waals surface area contributed by atoms with Gasteiger partial charge in [-0.2, -0.15) is 0 Å². The third kappa shape index (κ3) is 3.79. The summed E-state index contributed by atoms with van der Waals surface area (Å²) in [4.78, 5) is 0. The highest BCUT2D eigenvalue weighted by atomic mass is 19.1. The molecule has 0 aliphatic heterocycles. The zero-order valence-electron chi connectivity index (χ0n) is 12.4. The monoisotopic (exact) mass is 263 g/mol. The van der Waals surface area contributed by atoms with E-state index < -0.39 is 0 Å². The van der Waals surface area contributed by atoms with Gasteiger partial charge in [0.2, 0.25) is 0 Å². The molecule has 106 valence electrons. The summed E-state index contributed by atoms with van der Waals surface area (Å²) < 4.78 is 13.2. The molecule has 0 bridgehead atoms. The van der Waals surface area contributed by atoms with Crippen LogP contribution in [0.1, 0.15) is 50.2 Å². The standard InChI is InChI=1S/C17H26FN/c1-12(2)10-19-11-14-5-4-6-17(14)16-8-7-15(18)9-13(16)3/h7-9,12,14,17,19H,4-6,10-11H2,1-3H3. The van der Waals surface area contributed by atoms with Gasteiger partial charge in [0, 0.05) is 0 Å². The molecular weight excluding hydrogens is 237 g/mol. The molecule has 1 N–H and O–H groups in total. The van der Waals surface area contributed by atoms with Crippen LogP contribution in [-0.2, 0) is 0 Å². The lowest BCUT2D eigenvalue weighted by Gasteiger charge is -2.22. The fourth-order valence-corrected chi connectivity index (χ4v) is 3.30. The minimum Gasteiger partial charge on any atom is -0.316 e. The van der Waals surface area contributed by atoms with Crippen molar-refractivity contribution in [2.24, 2.45) is 11.8 Å². The van der Waals surface area contributed by atoms with Crippen LogP contribution in [-0.4, -0.2) is 13.1 Å². The van der Waals surface area contributed by atoms with Crippen LogP contribution < -0.4 is 5.32 Å². The van der Waals surface area contributed by atoms with Crippen LogP contribution in [0.25, 0.3) is 0 Å². The van der Waals surface area contributed by atoms with Gasteiger partial charge in [0.05, 0.1) is 0 Å². The molecule has 1 aliphatic carbocycles. The molecule has 0 radical (unpaired) electrons. The molecule has 0 amide bonds. The Balaban J connectivity index is 2.01. The quantitative estimate of drug-likeness (QED) is 0.837. The van der Waals surface area contributed by atoms with Crippen LogP contribution in [0, 0.1) is 24.6 Å². The van der Waals surface area contributed by atoms with Crippen molar-refractivity contribution >= 4 is 0 Å². The number of aryl methyl sites for hydroxylation is 1. The molecule has 19 heavy (non-hydrogen) atoms. The smallest absolute Gasteiger partial charge is 0.123 e. The van der Waals surface area contributed by atoms with E-state index in [1.807, 2.05) is 13.0 Å². The van der Waals surface area contributed by atoms with Crippen molar-refractivity contribution in [3.63, 3.8) is 0 Å². The van der Waals surface area contributed by atoms with E-state index in [4.69, 9.17) is 0 Å². The van der Waals surface area contributed by atoms with Gasteiger partial charge in [-0.25, -0.2) is 4.39 Å². The molecular formula is C17H26FN. The van der Waals surface area contributed by atoms with E-state index in [1.165, 1.54) is 24.8 Å². The Morgan fingerprint density at radius 3 is 2.79 bits per heavy atom. The Kier molecular flexibility index (Phi) is 4.98. The molecule has 1 nitrogen and oxygen atoms in total. The highest BCUT2D eigenvalue weighted by Crippen LogP contribution is 2.40. The highest BCUT2D eigenvalue weighted by molar-refractivity contribution is 5.31. The zero-order valence-corrected chi connectivity index (χ0v) is 12.4. The molecule has 0 spiro atoms. The van der Waals surface area contributed by atoms with Gasteiger partial charge < -0.3 is 5.32 Å². The van der Waals surface area contributed by atoms with E-state index in [-0.39, 0.29) is 5.82 Å². The van der Waals surface area contributed by atoms with Crippen LogP contribution in [0.4, 0.5) is 4.39 Å². The summed E-state index contributed by atoms with van der Waals surface area (Å²) in [5.41, 5.74) is 2.47. The Hall–Kier alpha value is -0.890. The Labute approximate surface area is 116 Å². The second kappa shape index (κ2) is 6.51. The summed E-state index contributed by atoms with van der Waals surface area (Å²) in [6.45, 7) is 8.70. The van der Waals surface area contributed by atoms with Gasteiger partial charge in [-0.05, 0) is 73.9 Å². The van der Waals surface area contributed by atoms with Crippen molar-refractivity contribution in [1.82, 2.24) is 5.32 Å². The normalized spacial score (nSPS) is 23.2. The van der Waals surface area contributed by atoms with E-state index in [0.29, 0.717) is 17.8 Å². The molecule has 2 heteroatoms. The van der Waals surface area contributed by atoms with E-state index in [1.54, 1.807) is 12.1 Å². The fourth-order valence-electron chi connectivity index (χ4n) is 3.30. The maximum absolute atomic E-state index is 13.2. The van der Waals surface area contributed by atoms with E-state index in [9.17, 15) is 4.39 Å². The lowest BCUT2D eigenvalue weighted by atomic mass is 9.86. The van der Waals surface area contributed by atoms with Crippen molar-refractivity contribution in [2.45, 2.75) is 46.0 Å².